The summed E-state index contributed by atoms with van der Waals surface area (Å²) in [5.74, 6) is 2.41. The van der Waals surface area contributed by atoms with Crippen LogP contribution in [0.4, 0.5) is 0 Å². The summed E-state index contributed by atoms with van der Waals surface area (Å²) < 4.78 is 5.37. The highest BCUT2D eigenvalue weighted by Gasteiger charge is 2.15. The third kappa shape index (κ3) is 0.874. The van der Waals surface area contributed by atoms with Crippen molar-refractivity contribution in [2.45, 2.75) is 6.42 Å². The molecule has 2 aliphatic rings. The molecule has 9 heavy (non-hydrogen) atoms. The van der Waals surface area contributed by atoms with Gasteiger partial charge in [0.25, 0.3) is 0 Å². The minimum absolute atomic E-state index is 0.777. The fraction of sp³-hybridized carbons (Fsp3) is 0.429. The van der Waals surface area contributed by atoms with Gasteiger partial charge in [0.05, 0.1) is 0 Å². The van der Waals surface area contributed by atoms with Crippen molar-refractivity contribution >= 4 is 11.8 Å². The van der Waals surface area contributed by atoms with E-state index in [1.165, 1.54) is 16.4 Å². The lowest BCUT2D eigenvalue weighted by molar-refractivity contribution is 0.236. The predicted octanol–water partition coefficient (Wildman–Crippen LogP) is 1.92. The molecule has 0 unspecified atom stereocenters. The molecule has 48 valence electrons. The Hall–Kier alpha value is -0.370. The standard InChI is InChI=1S/C7H8OS/c1-2-7-6(8-4-1)3-5-9-7/h1-2H,3-5H2. The van der Waals surface area contributed by atoms with Gasteiger partial charge in [-0.3, -0.25) is 0 Å². The molecule has 0 fully saturated rings. The first kappa shape index (κ1) is 5.42. The van der Waals surface area contributed by atoms with Crippen molar-refractivity contribution in [3.63, 3.8) is 0 Å². The van der Waals surface area contributed by atoms with Crippen molar-refractivity contribution in [2.24, 2.45) is 0 Å². The predicted molar refractivity (Wildman–Crippen MR) is 39.2 cm³/mol. The molecule has 2 rings (SSSR count). The second-order valence-corrected chi connectivity index (χ2v) is 3.24. The van der Waals surface area contributed by atoms with Gasteiger partial charge in [0.15, 0.2) is 0 Å². The average molecular weight is 140 g/mol. The molecule has 0 N–H and O–H groups in total. The molecule has 2 aliphatic heterocycles. The van der Waals surface area contributed by atoms with E-state index in [0.717, 1.165) is 13.0 Å². The summed E-state index contributed by atoms with van der Waals surface area (Å²) in [4.78, 5) is 1.35. The molecule has 2 heterocycles. The van der Waals surface area contributed by atoms with Crippen molar-refractivity contribution in [1.29, 1.82) is 0 Å². The first-order valence-electron chi connectivity index (χ1n) is 3.12. The minimum atomic E-state index is 0.777. The van der Waals surface area contributed by atoms with Gasteiger partial charge in [-0.1, -0.05) is 0 Å². The lowest BCUT2D eigenvalue weighted by Crippen LogP contribution is -1.95. The Morgan fingerprint density at radius 2 is 2.56 bits per heavy atom. The highest BCUT2D eigenvalue weighted by atomic mass is 32.2. The Bertz CT molecular complexity index is 181. The smallest absolute Gasteiger partial charge is 0.111 e. The van der Waals surface area contributed by atoms with Crippen LogP contribution in [0.15, 0.2) is 22.8 Å². The zero-order valence-electron chi connectivity index (χ0n) is 5.09. The Labute approximate surface area is 58.8 Å². The molecule has 0 saturated heterocycles. The Kier molecular flexibility index (Phi) is 1.27. The number of thioether (sulfide) groups is 1. The highest BCUT2D eigenvalue weighted by Crippen LogP contribution is 2.34. The zero-order valence-corrected chi connectivity index (χ0v) is 5.91. The van der Waals surface area contributed by atoms with Crippen molar-refractivity contribution < 1.29 is 4.74 Å². The molecule has 1 nitrogen and oxygen atoms in total. The van der Waals surface area contributed by atoms with Gasteiger partial charge in [0.1, 0.15) is 12.4 Å². The molecular weight excluding hydrogens is 132 g/mol. The molecule has 0 aromatic heterocycles. The van der Waals surface area contributed by atoms with Gasteiger partial charge in [-0.25, -0.2) is 0 Å². The quantitative estimate of drug-likeness (QED) is 0.508. The molecule has 0 atom stereocenters. The van der Waals surface area contributed by atoms with E-state index in [0.29, 0.717) is 0 Å². The van der Waals surface area contributed by atoms with E-state index in [1.54, 1.807) is 0 Å². The summed E-state index contributed by atoms with van der Waals surface area (Å²) in [5, 5.41) is 0. The van der Waals surface area contributed by atoms with Gasteiger partial charge in [-0.15, -0.1) is 11.8 Å². The van der Waals surface area contributed by atoms with Crippen LogP contribution in [-0.4, -0.2) is 12.4 Å². The molecule has 2 heteroatoms. The van der Waals surface area contributed by atoms with Crippen LogP contribution >= 0.6 is 11.8 Å². The van der Waals surface area contributed by atoms with Crippen LogP contribution in [0.2, 0.25) is 0 Å². The number of ether oxygens (including phenoxy) is 1. The Morgan fingerprint density at radius 3 is 3.44 bits per heavy atom. The molecule has 0 spiro atoms. The second kappa shape index (κ2) is 2.10. The van der Waals surface area contributed by atoms with E-state index in [9.17, 15) is 0 Å². The van der Waals surface area contributed by atoms with Gasteiger partial charge < -0.3 is 4.74 Å². The van der Waals surface area contributed by atoms with Crippen LogP contribution in [0.25, 0.3) is 0 Å². The molecule has 0 aliphatic carbocycles. The summed E-state index contributed by atoms with van der Waals surface area (Å²) >= 11 is 1.89. The molecule has 0 amide bonds. The van der Waals surface area contributed by atoms with E-state index < -0.39 is 0 Å². The SMILES string of the molecule is C1=CC2=C(CCS2)OC1. The molecular formula is C7H8OS. The maximum absolute atomic E-state index is 5.37. The number of allylic oxidation sites excluding steroid dienone is 2. The minimum Gasteiger partial charge on any atom is -0.493 e. The number of hydrogen-bond donors (Lipinski definition) is 0. The van der Waals surface area contributed by atoms with E-state index in [2.05, 4.69) is 12.2 Å². The summed E-state index contributed by atoms with van der Waals surface area (Å²) in [5.41, 5.74) is 0. The van der Waals surface area contributed by atoms with Crippen LogP contribution in [0.5, 0.6) is 0 Å². The van der Waals surface area contributed by atoms with Gasteiger partial charge in [0.2, 0.25) is 0 Å². The Balaban J connectivity index is 2.28. The number of rotatable bonds is 0. The lowest BCUT2D eigenvalue weighted by Gasteiger charge is -2.08. The normalized spacial score (nSPS) is 24.0. The van der Waals surface area contributed by atoms with Crippen molar-refractivity contribution in [3.8, 4) is 0 Å². The van der Waals surface area contributed by atoms with Crippen LogP contribution in [0, 0.1) is 0 Å². The largest absolute Gasteiger partial charge is 0.493 e. The van der Waals surface area contributed by atoms with Crippen molar-refractivity contribution in [1.82, 2.24) is 0 Å². The topological polar surface area (TPSA) is 9.23 Å². The first-order valence-corrected chi connectivity index (χ1v) is 4.11. The van der Waals surface area contributed by atoms with Crippen LogP contribution in [-0.2, 0) is 4.74 Å². The van der Waals surface area contributed by atoms with E-state index in [-0.39, 0.29) is 0 Å². The second-order valence-electron chi connectivity index (χ2n) is 2.10. The fourth-order valence-electron chi connectivity index (χ4n) is 1.05. The van der Waals surface area contributed by atoms with E-state index in [1.807, 2.05) is 11.8 Å². The van der Waals surface area contributed by atoms with Gasteiger partial charge in [-0.05, 0) is 12.2 Å². The summed E-state index contributed by atoms with van der Waals surface area (Å²) in [7, 11) is 0. The van der Waals surface area contributed by atoms with Gasteiger partial charge >= 0.3 is 0 Å². The molecule has 0 radical (unpaired) electrons. The molecule has 0 saturated carbocycles. The third-order valence-electron chi connectivity index (χ3n) is 1.48. The molecule has 0 bridgehead atoms. The van der Waals surface area contributed by atoms with Gasteiger partial charge in [-0.2, -0.15) is 0 Å². The highest BCUT2D eigenvalue weighted by molar-refractivity contribution is 8.03. The Morgan fingerprint density at radius 1 is 1.56 bits per heavy atom. The van der Waals surface area contributed by atoms with Crippen LogP contribution in [0.3, 0.4) is 0 Å². The van der Waals surface area contributed by atoms with Crippen LogP contribution < -0.4 is 0 Å². The third-order valence-corrected chi connectivity index (χ3v) is 2.57. The molecule has 0 aromatic carbocycles. The maximum Gasteiger partial charge on any atom is 0.111 e. The first-order chi connectivity index (χ1) is 4.47. The summed E-state index contributed by atoms with van der Waals surface area (Å²) in [6.07, 6.45) is 5.36. The monoisotopic (exact) mass is 140 g/mol. The fourth-order valence-corrected chi connectivity index (χ4v) is 2.07. The average Bonchev–Trinajstić information content (AvgIpc) is 2.33. The van der Waals surface area contributed by atoms with Gasteiger partial charge in [0, 0.05) is 17.1 Å². The van der Waals surface area contributed by atoms with Crippen molar-refractivity contribution in [3.05, 3.63) is 22.8 Å². The lowest BCUT2D eigenvalue weighted by atomic mass is 10.3. The number of hydrogen-bond acceptors (Lipinski definition) is 2. The summed E-state index contributed by atoms with van der Waals surface area (Å²) in [6, 6.07) is 0. The van der Waals surface area contributed by atoms with Crippen molar-refractivity contribution in [2.75, 3.05) is 12.4 Å². The zero-order chi connectivity index (χ0) is 6.10. The summed E-state index contributed by atoms with van der Waals surface area (Å²) in [6.45, 7) is 0.777. The maximum atomic E-state index is 5.37. The van der Waals surface area contributed by atoms with E-state index >= 15 is 0 Å². The van der Waals surface area contributed by atoms with Crippen LogP contribution in [0.1, 0.15) is 6.42 Å². The van der Waals surface area contributed by atoms with E-state index in [4.69, 9.17) is 4.74 Å². The molecule has 0 aromatic rings.